The first-order chi connectivity index (χ1) is 14.4. The minimum atomic E-state index is -3.48. The monoisotopic (exact) mass is 441 g/mol. The molecule has 0 amide bonds. The Morgan fingerprint density at radius 2 is 2.00 bits per heavy atom. The molecule has 1 saturated heterocycles. The van der Waals surface area contributed by atoms with Crippen molar-refractivity contribution < 1.29 is 21.7 Å². The van der Waals surface area contributed by atoms with Crippen molar-refractivity contribution in [2.75, 3.05) is 39.3 Å². The lowest BCUT2D eigenvalue weighted by Gasteiger charge is -2.35. The number of sulfonamides is 1. The van der Waals surface area contributed by atoms with Gasteiger partial charge in [0.15, 0.2) is 17.6 Å². The Hall–Kier alpha value is -2.53. The Labute approximate surface area is 174 Å². The van der Waals surface area contributed by atoms with E-state index in [0.717, 1.165) is 6.07 Å². The first kappa shape index (κ1) is 22.2. The van der Waals surface area contributed by atoms with Crippen LogP contribution in [0.25, 0.3) is 0 Å². The zero-order valence-electron chi connectivity index (χ0n) is 16.7. The lowest BCUT2D eigenvalue weighted by atomic mass is 10.1. The fourth-order valence-electron chi connectivity index (χ4n) is 3.22. The quantitative estimate of drug-likeness (QED) is 0.519. The van der Waals surface area contributed by atoms with Gasteiger partial charge in [0.05, 0.1) is 5.69 Å². The maximum Gasteiger partial charge on any atom is 0.220 e. The largest absolute Gasteiger partial charge is 0.364 e. The van der Waals surface area contributed by atoms with E-state index in [2.05, 4.69) is 15.5 Å². The summed E-state index contributed by atoms with van der Waals surface area (Å²) in [7, 11) is -3.48. The van der Waals surface area contributed by atoms with Gasteiger partial charge in [0.1, 0.15) is 12.0 Å². The van der Waals surface area contributed by atoms with Gasteiger partial charge in [0.2, 0.25) is 10.0 Å². The molecule has 8 nitrogen and oxygen atoms in total. The smallest absolute Gasteiger partial charge is 0.220 e. The molecule has 1 aromatic heterocycles. The Morgan fingerprint density at radius 1 is 1.23 bits per heavy atom. The molecule has 0 atom stereocenters. The van der Waals surface area contributed by atoms with Gasteiger partial charge < -0.3 is 14.7 Å². The second-order valence-corrected chi connectivity index (χ2v) is 8.80. The van der Waals surface area contributed by atoms with Gasteiger partial charge in [-0.2, -0.15) is 4.31 Å². The van der Waals surface area contributed by atoms with Crippen LogP contribution in [0.3, 0.4) is 0 Å². The molecule has 1 aliphatic rings. The van der Waals surface area contributed by atoms with E-state index in [9.17, 15) is 17.2 Å². The van der Waals surface area contributed by atoms with Gasteiger partial charge in [-0.3, -0.25) is 4.99 Å². The molecule has 0 aliphatic carbocycles. The predicted octanol–water partition coefficient (Wildman–Crippen LogP) is 1.61. The number of nitrogens with zero attached hydrogens (tertiary/aromatic N) is 4. The number of piperazine rings is 1. The third-order valence-corrected chi connectivity index (χ3v) is 6.57. The summed E-state index contributed by atoms with van der Waals surface area (Å²) in [5.41, 5.74) is 0.648. The normalized spacial score (nSPS) is 16.1. The van der Waals surface area contributed by atoms with Crippen LogP contribution < -0.4 is 5.32 Å². The van der Waals surface area contributed by atoms with Crippen LogP contribution in [0.1, 0.15) is 18.2 Å². The topological polar surface area (TPSA) is 91.0 Å². The van der Waals surface area contributed by atoms with Gasteiger partial charge in [-0.25, -0.2) is 17.2 Å². The highest BCUT2D eigenvalue weighted by Gasteiger charge is 2.29. The molecular weight excluding hydrogens is 416 g/mol. The molecule has 1 N–H and O–H groups in total. The Bertz CT molecular complexity index is 959. The lowest BCUT2D eigenvalue weighted by Crippen LogP contribution is -2.54. The molecule has 164 valence electrons. The molecule has 0 radical (unpaired) electrons. The van der Waals surface area contributed by atoms with Crippen LogP contribution >= 0.6 is 0 Å². The van der Waals surface area contributed by atoms with E-state index in [-0.39, 0.29) is 24.3 Å². The Balaban J connectivity index is 1.58. The van der Waals surface area contributed by atoms with Crippen LogP contribution in [0, 0.1) is 11.6 Å². The number of nitrogens with one attached hydrogen (secondary N) is 1. The molecule has 0 bridgehead atoms. The van der Waals surface area contributed by atoms with Crippen LogP contribution in [0.5, 0.6) is 0 Å². The van der Waals surface area contributed by atoms with E-state index in [1.54, 1.807) is 6.07 Å². The van der Waals surface area contributed by atoms with Crippen LogP contribution in [-0.4, -0.2) is 68.0 Å². The molecular formula is C19H25F2N5O3S. The van der Waals surface area contributed by atoms with E-state index in [1.165, 1.54) is 22.7 Å². The van der Waals surface area contributed by atoms with Crippen molar-refractivity contribution >= 4 is 16.0 Å². The lowest BCUT2D eigenvalue weighted by molar-refractivity contribution is 0.260. The average Bonchev–Trinajstić information content (AvgIpc) is 3.23. The third kappa shape index (κ3) is 5.54. The summed E-state index contributed by atoms with van der Waals surface area (Å²) in [5, 5.41) is 6.84. The van der Waals surface area contributed by atoms with Crippen LogP contribution in [-0.2, 0) is 22.2 Å². The Kier molecular flexibility index (Phi) is 7.38. The standard InChI is InChI=1S/C19H25F2N5O3S/c1-2-22-19(23-8-6-15-4-3-5-17(20)18(15)21)25-9-11-26(12-10-25)30(27,28)14-16-7-13-29-24-16/h3-5,7,13H,2,6,8-12,14H2,1H3,(H,22,23). The number of rotatable bonds is 7. The fourth-order valence-corrected chi connectivity index (χ4v) is 4.64. The summed E-state index contributed by atoms with van der Waals surface area (Å²) >= 11 is 0. The van der Waals surface area contributed by atoms with E-state index in [4.69, 9.17) is 4.52 Å². The van der Waals surface area contributed by atoms with Crippen LogP contribution in [0.2, 0.25) is 0 Å². The van der Waals surface area contributed by atoms with Crippen molar-refractivity contribution in [3.05, 3.63) is 53.4 Å². The molecule has 0 saturated carbocycles. The Morgan fingerprint density at radius 3 is 2.67 bits per heavy atom. The predicted molar refractivity (Wildman–Crippen MR) is 108 cm³/mol. The van der Waals surface area contributed by atoms with Crippen molar-refractivity contribution in [3.8, 4) is 0 Å². The summed E-state index contributed by atoms with van der Waals surface area (Å²) < 4.78 is 58.4. The van der Waals surface area contributed by atoms with E-state index < -0.39 is 21.7 Å². The fraction of sp³-hybridized carbons (Fsp3) is 0.474. The second-order valence-electron chi connectivity index (χ2n) is 6.83. The van der Waals surface area contributed by atoms with Gasteiger partial charge >= 0.3 is 0 Å². The van der Waals surface area contributed by atoms with E-state index in [1.807, 2.05) is 11.8 Å². The van der Waals surface area contributed by atoms with Gasteiger partial charge in [-0.1, -0.05) is 17.3 Å². The number of hydrogen-bond donors (Lipinski definition) is 1. The molecule has 2 heterocycles. The van der Waals surface area contributed by atoms with Gasteiger partial charge in [0.25, 0.3) is 0 Å². The first-order valence-corrected chi connectivity index (χ1v) is 11.3. The van der Waals surface area contributed by atoms with Crippen molar-refractivity contribution in [2.45, 2.75) is 19.1 Å². The summed E-state index contributed by atoms with van der Waals surface area (Å²) in [4.78, 5) is 6.47. The molecule has 3 rings (SSSR count). The maximum atomic E-state index is 13.8. The summed E-state index contributed by atoms with van der Waals surface area (Å²) in [6.45, 7) is 4.44. The minimum absolute atomic E-state index is 0.198. The number of aliphatic imine (C=N–C) groups is 1. The molecule has 1 aromatic carbocycles. The van der Waals surface area contributed by atoms with Crippen LogP contribution in [0.4, 0.5) is 8.78 Å². The zero-order chi connectivity index (χ0) is 21.6. The van der Waals surface area contributed by atoms with E-state index in [0.29, 0.717) is 44.4 Å². The second kappa shape index (κ2) is 9.98. The highest BCUT2D eigenvalue weighted by Crippen LogP contribution is 2.14. The molecule has 30 heavy (non-hydrogen) atoms. The van der Waals surface area contributed by atoms with Crippen LogP contribution in [0.15, 0.2) is 40.0 Å². The summed E-state index contributed by atoms with van der Waals surface area (Å²) in [6.07, 6.45) is 1.61. The number of aromatic nitrogens is 1. The molecule has 1 fully saturated rings. The van der Waals surface area contributed by atoms with Gasteiger partial charge in [-0.15, -0.1) is 0 Å². The van der Waals surface area contributed by atoms with Crippen molar-refractivity contribution in [3.63, 3.8) is 0 Å². The van der Waals surface area contributed by atoms with E-state index >= 15 is 0 Å². The molecule has 11 heteroatoms. The van der Waals surface area contributed by atoms with Gasteiger partial charge in [0, 0.05) is 45.3 Å². The summed E-state index contributed by atoms with van der Waals surface area (Å²) in [5.74, 6) is -1.28. The summed E-state index contributed by atoms with van der Waals surface area (Å²) in [6, 6.07) is 5.63. The molecule has 1 aliphatic heterocycles. The van der Waals surface area contributed by atoms with Crippen molar-refractivity contribution in [1.29, 1.82) is 0 Å². The number of guanidine groups is 1. The number of hydrogen-bond acceptors (Lipinski definition) is 5. The first-order valence-electron chi connectivity index (χ1n) is 9.74. The highest BCUT2D eigenvalue weighted by atomic mass is 32.2. The molecule has 0 spiro atoms. The minimum Gasteiger partial charge on any atom is -0.364 e. The molecule has 0 unspecified atom stereocenters. The third-order valence-electron chi connectivity index (χ3n) is 4.76. The highest BCUT2D eigenvalue weighted by molar-refractivity contribution is 7.88. The van der Waals surface area contributed by atoms with Crippen molar-refractivity contribution in [2.24, 2.45) is 4.99 Å². The average molecular weight is 442 g/mol. The number of benzene rings is 1. The number of halogens is 2. The maximum absolute atomic E-state index is 13.8. The molecule has 2 aromatic rings. The van der Waals surface area contributed by atoms with Gasteiger partial charge in [-0.05, 0) is 25.0 Å². The zero-order valence-corrected chi connectivity index (χ0v) is 17.5. The SMILES string of the molecule is CCNC(=NCCc1cccc(F)c1F)N1CCN(S(=O)(=O)Cc2ccon2)CC1. The van der Waals surface area contributed by atoms with Crippen molar-refractivity contribution in [1.82, 2.24) is 19.7 Å².